The summed E-state index contributed by atoms with van der Waals surface area (Å²) in [4.78, 5) is 11.2. The highest BCUT2D eigenvalue weighted by Gasteiger charge is 2.15. The van der Waals surface area contributed by atoms with Crippen molar-refractivity contribution in [2.24, 2.45) is 0 Å². The summed E-state index contributed by atoms with van der Waals surface area (Å²) in [7, 11) is -3.43. The number of rotatable bonds is 7. The molecule has 0 aromatic carbocycles. The van der Waals surface area contributed by atoms with Crippen molar-refractivity contribution in [3.8, 4) is 0 Å². The van der Waals surface area contributed by atoms with Crippen LogP contribution in [-0.2, 0) is 10.0 Å². The lowest BCUT2D eigenvalue weighted by molar-refractivity contribution is 0.573. The van der Waals surface area contributed by atoms with Crippen LogP contribution in [0.25, 0.3) is 0 Å². The molecule has 2 N–H and O–H groups in total. The monoisotopic (exact) mass is 381 g/mol. The van der Waals surface area contributed by atoms with Crippen molar-refractivity contribution in [1.29, 1.82) is 0 Å². The Hall–Kier alpha value is -1.71. The Bertz CT molecular complexity index is 787. The molecule has 1 saturated heterocycles. The van der Waals surface area contributed by atoms with Crippen LogP contribution in [0.5, 0.6) is 0 Å². The molecule has 3 heterocycles. The van der Waals surface area contributed by atoms with Crippen molar-refractivity contribution >= 4 is 33.1 Å². The molecule has 0 spiro atoms. The topological polar surface area (TPSA) is 87.2 Å². The van der Waals surface area contributed by atoms with Gasteiger partial charge in [0.1, 0.15) is 10.0 Å². The van der Waals surface area contributed by atoms with Crippen LogP contribution in [0.4, 0.5) is 11.8 Å². The lowest BCUT2D eigenvalue weighted by atomic mass is 10.1. The van der Waals surface area contributed by atoms with Crippen molar-refractivity contribution in [3.05, 3.63) is 29.3 Å². The number of nitrogens with one attached hydrogen (secondary N) is 2. The molecule has 3 rings (SSSR count). The number of aromatic nitrogens is 2. The van der Waals surface area contributed by atoms with Crippen molar-refractivity contribution in [3.63, 3.8) is 0 Å². The number of anilines is 2. The van der Waals surface area contributed by atoms with E-state index >= 15 is 0 Å². The van der Waals surface area contributed by atoms with E-state index in [9.17, 15) is 8.42 Å². The molecule has 7 nitrogen and oxygen atoms in total. The molecule has 2 aromatic heterocycles. The van der Waals surface area contributed by atoms with Gasteiger partial charge in [0, 0.05) is 37.9 Å². The molecule has 0 amide bonds. The van der Waals surface area contributed by atoms with Crippen LogP contribution in [0, 0.1) is 6.92 Å². The molecule has 0 atom stereocenters. The number of thiophene rings is 1. The molecule has 1 fully saturated rings. The number of hydrogen-bond acceptors (Lipinski definition) is 7. The van der Waals surface area contributed by atoms with E-state index in [4.69, 9.17) is 0 Å². The van der Waals surface area contributed by atoms with E-state index in [0.717, 1.165) is 24.6 Å². The normalized spacial score (nSPS) is 15.3. The molecule has 1 aliphatic rings. The summed E-state index contributed by atoms with van der Waals surface area (Å²) >= 11 is 1.20. The zero-order valence-electron chi connectivity index (χ0n) is 14.2. The summed E-state index contributed by atoms with van der Waals surface area (Å²) < 4.78 is 27.0. The minimum atomic E-state index is -3.43. The Morgan fingerprint density at radius 1 is 1.20 bits per heavy atom. The number of aryl methyl sites for hydroxylation is 1. The summed E-state index contributed by atoms with van der Waals surface area (Å²) in [5, 5.41) is 4.86. The molecule has 9 heteroatoms. The second-order valence-corrected chi connectivity index (χ2v) is 8.94. The number of nitrogens with zero attached hydrogens (tertiary/aromatic N) is 3. The summed E-state index contributed by atoms with van der Waals surface area (Å²) in [6.45, 7) is 4.69. The quantitative estimate of drug-likeness (QED) is 0.715. The molecular weight excluding hydrogens is 358 g/mol. The van der Waals surface area contributed by atoms with Gasteiger partial charge in [0.05, 0.1) is 0 Å². The molecule has 0 saturated carbocycles. The molecule has 0 radical (unpaired) electrons. The average molecular weight is 382 g/mol. The van der Waals surface area contributed by atoms with Gasteiger partial charge in [0.15, 0.2) is 0 Å². The highest BCUT2D eigenvalue weighted by Crippen LogP contribution is 2.19. The van der Waals surface area contributed by atoms with Gasteiger partial charge in [-0.2, -0.15) is 4.98 Å². The van der Waals surface area contributed by atoms with Crippen molar-refractivity contribution < 1.29 is 8.42 Å². The van der Waals surface area contributed by atoms with E-state index in [1.54, 1.807) is 17.5 Å². The van der Waals surface area contributed by atoms with Gasteiger partial charge in [-0.3, -0.25) is 0 Å². The standard InChI is InChI=1S/C16H23N5O2S2/c1-13-12-14(21-9-3-2-4-10-21)20-16(19-13)17-7-8-18-25(22,23)15-6-5-11-24-15/h5-6,11-12,18H,2-4,7-10H2,1H3,(H,17,19,20). The highest BCUT2D eigenvalue weighted by atomic mass is 32.2. The lowest BCUT2D eigenvalue weighted by Crippen LogP contribution is -2.31. The van der Waals surface area contributed by atoms with E-state index in [2.05, 4.69) is 24.9 Å². The first kappa shape index (κ1) is 18.1. The zero-order chi connectivity index (χ0) is 17.7. The first-order chi connectivity index (χ1) is 12.0. The predicted molar refractivity (Wildman–Crippen MR) is 101 cm³/mol. The molecule has 0 unspecified atom stereocenters. The summed E-state index contributed by atoms with van der Waals surface area (Å²) in [5.74, 6) is 1.48. The first-order valence-corrected chi connectivity index (χ1v) is 10.8. The molecule has 2 aromatic rings. The van der Waals surface area contributed by atoms with Gasteiger partial charge in [-0.15, -0.1) is 11.3 Å². The Labute approximate surface area is 152 Å². The van der Waals surface area contributed by atoms with E-state index in [-0.39, 0.29) is 6.54 Å². The largest absolute Gasteiger partial charge is 0.356 e. The van der Waals surface area contributed by atoms with Crippen LogP contribution >= 0.6 is 11.3 Å². The minimum absolute atomic E-state index is 0.274. The Morgan fingerprint density at radius 2 is 2.00 bits per heavy atom. The van der Waals surface area contributed by atoms with Crippen LogP contribution in [0.2, 0.25) is 0 Å². The van der Waals surface area contributed by atoms with Gasteiger partial charge in [-0.25, -0.2) is 18.1 Å². The zero-order valence-corrected chi connectivity index (χ0v) is 15.9. The average Bonchev–Trinajstić information content (AvgIpc) is 3.15. The van der Waals surface area contributed by atoms with E-state index in [1.165, 1.54) is 30.6 Å². The van der Waals surface area contributed by atoms with Gasteiger partial charge in [-0.1, -0.05) is 6.07 Å². The fraction of sp³-hybridized carbons (Fsp3) is 0.500. The maximum atomic E-state index is 12.1. The minimum Gasteiger partial charge on any atom is -0.356 e. The van der Waals surface area contributed by atoms with Gasteiger partial charge in [0.25, 0.3) is 0 Å². The molecule has 0 aliphatic carbocycles. The molecule has 25 heavy (non-hydrogen) atoms. The second kappa shape index (κ2) is 8.11. The van der Waals surface area contributed by atoms with Crippen molar-refractivity contribution in [2.75, 3.05) is 36.4 Å². The highest BCUT2D eigenvalue weighted by molar-refractivity contribution is 7.91. The fourth-order valence-corrected chi connectivity index (χ4v) is 4.83. The van der Waals surface area contributed by atoms with Crippen LogP contribution in [0.1, 0.15) is 25.0 Å². The third kappa shape index (κ3) is 4.90. The van der Waals surface area contributed by atoms with Crippen LogP contribution < -0.4 is 14.9 Å². The van der Waals surface area contributed by atoms with Crippen molar-refractivity contribution in [2.45, 2.75) is 30.4 Å². The van der Waals surface area contributed by atoms with E-state index < -0.39 is 10.0 Å². The maximum absolute atomic E-state index is 12.1. The van der Waals surface area contributed by atoms with Gasteiger partial charge in [-0.05, 0) is 37.6 Å². The fourth-order valence-electron chi connectivity index (χ4n) is 2.76. The van der Waals surface area contributed by atoms with Gasteiger partial charge >= 0.3 is 0 Å². The SMILES string of the molecule is Cc1cc(N2CCCCC2)nc(NCCNS(=O)(=O)c2cccs2)n1. The maximum Gasteiger partial charge on any atom is 0.250 e. The van der Waals surface area contributed by atoms with E-state index in [1.807, 2.05) is 13.0 Å². The lowest BCUT2D eigenvalue weighted by Gasteiger charge is -2.28. The molecule has 1 aliphatic heterocycles. The van der Waals surface area contributed by atoms with E-state index in [0.29, 0.717) is 16.7 Å². The third-order valence-corrected chi connectivity index (χ3v) is 6.84. The first-order valence-electron chi connectivity index (χ1n) is 8.42. The summed E-state index contributed by atoms with van der Waals surface area (Å²) in [6.07, 6.45) is 3.66. The van der Waals surface area contributed by atoms with Gasteiger partial charge < -0.3 is 10.2 Å². The summed E-state index contributed by atoms with van der Waals surface area (Å²) in [5.41, 5.74) is 0.900. The number of sulfonamides is 1. The summed E-state index contributed by atoms with van der Waals surface area (Å²) in [6, 6.07) is 5.31. The third-order valence-electron chi connectivity index (χ3n) is 3.98. The van der Waals surface area contributed by atoms with Gasteiger partial charge in [0.2, 0.25) is 16.0 Å². The van der Waals surface area contributed by atoms with Crippen molar-refractivity contribution in [1.82, 2.24) is 14.7 Å². The number of piperidine rings is 1. The predicted octanol–water partition coefficient (Wildman–Crippen LogP) is 2.23. The second-order valence-electron chi connectivity index (χ2n) is 6.00. The van der Waals surface area contributed by atoms with Crippen LogP contribution in [0.3, 0.4) is 0 Å². The molecule has 136 valence electrons. The smallest absolute Gasteiger partial charge is 0.250 e. The number of hydrogen-bond donors (Lipinski definition) is 2. The Kier molecular flexibility index (Phi) is 5.87. The molecule has 0 bridgehead atoms. The Morgan fingerprint density at radius 3 is 2.72 bits per heavy atom. The molecular formula is C16H23N5O2S2. The Balaban J connectivity index is 1.55. The van der Waals surface area contributed by atoms with Crippen LogP contribution in [0.15, 0.2) is 27.8 Å². The van der Waals surface area contributed by atoms with Crippen LogP contribution in [-0.4, -0.2) is 44.6 Å².